The molecule has 3 N–H and O–H groups in total. The Morgan fingerprint density at radius 3 is 2.93 bits per heavy atom. The second-order valence-corrected chi connectivity index (χ2v) is 3.99. The lowest BCUT2D eigenvalue weighted by atomic mass is 10.3. The number of rotatable bonds is 4. The van der Waals surface area contributed by atoms with Crippen molar-refractivity contribution >= 4 is 27.3 Å². The molecule has 1 rings (SSSR count). The van der Waals surface area contributed by atoms with Gasteiger partial charge < -0.3 is 11.1 Å². The molecule has 0 bridgehead atoms. The highest BCUT2D eigenvalue weighted by atomic mass is 79.9. The van der Waals surface area contributed by atoms with E-state index >= 15 is 0 Å². The summed E-state index contributed by atoms with van der Waals surface area (Å²) in [7, 11) is 0. The molecular weight excluding hydrogens is 264 g/mol. The van der Waals surface area contributed by atoms with E-state index in [4.69, 9.17) is 5.73 Å². The Balaban J connectivity index is 2.97. The highest BCUT2D eigenvalue weighted by molar-refractivity contribution is 9.10. The van der Waals surface area contributed by atoms with Crippen molar-refractivity contribution in [3.63, 3.8) is 0 Å². The van der Waals surface area contributed by atoms with Gasteiger partial charge >= 0.3 is 5.69 Å². The van der Waals surface area contributed by atoms with E-state index in [0.29, 0.717) is 16.7 Å². The number of hydrogen-bond donors (Lipinski definition) is 2. The number of nitrogens with zero attached hydrogens (tertiary/aromatic N) is 2. The van der Waals surface area contributed by atoms with E-state index in [1.54, 1.807) is 0 Å². The molecule has 0 amide bonds. The molecule has 0 aromatic carbocycles. The van der Waals surface area contributed by atoms with Crippen molar-refractivity contribution in [2.45, 2.75) is 13.0 Å². The summed E-state index contributed by atoms with van der Waals surface area (Å²) in [5.41, 5.74) is 5.90. The molecular formula is C8H11BrN4O2. The molecule has 7 heteroatoms. The average molecular weight is 275 g/mol. The monoisotopic (exact) mass is 274 g/mol. The Kier molecular flexibility index (Phi) is 3.98. The Bertz CT molecular complexity index is 370. The van der Waals surface area contributed by atoms with Crippen molar-refractivity contribution in [1.82, 2.24) is 4.98 Å². The van der Waals surface area contributed by atoms with Gasteiger partial charge in [-0.3, -0.25) is 15.1 Å². The van der Waals surface area contributed by atoms with Gasteiger partial charge in [0.15, 0.2) is 0 Å². The van der Waals surface area contributed by atoms with E-state index in [1.807, 2.05) is 6.92 Å². The van der Waals surface area contributed by atoms with Gasteiger partial charge in [0.1, 0.15) is 11.9 Å². The molecule has 1 aromatic rings. The first kappa shape index (κ1) is 11.9. The molecule has 0 aliphatic heterocycles. The van der Waals surface area contributed by atoms with Gasteiger partial charge in [-0.25, -0.2) is 0 Å². The average Bonchev–Trinajstić information content (AvgIpc) is 2.15. The van der Waals surface area contributed by atoms with Crippen LogP contribution in [0.1, 0.15) is 6.92 Å². The van der Waals surface area contributed by atoms with Crippen LogP contribution in [0.4, 0.5) is 11.4 Å². The van der Waals surface area contributed by atoms with Crippen LogP contribution in [-0.2, 0) is 0 Å². The Labute approximate surface area is 95.2 Å². The highest BCUT2D eigenvalue weighted by Gasteiger charge is 2.16. The van der Waals surface area contributed by atoms with Gasteiger partial charge in [0, 0.05) is 18.8 Å². The van der Waals surface area contributed by atoms with E-state index < -0.39 is 4.92 Å². The number of aromatic nitrogens is 1. The van der Waals surface area contributed by atoms with E-state index in [2.05, 4.69) is 26.2 Å². The van der Waals surface area contributed by atoms with Crippen LogP contribution in [0.3, 0.4) is 0 Å². The fourth-order valence-electron chi connectivity index (χ4n) is 1.00. The second-order valence-electron chi connectivity index (χ2n) is 3.13. The molecule has 0 fully saturated rings. The summed E-state index contributed by atoms with van der Waals surface area (Å²) >= 11 is 3.20. The lowest BCUT2D eigenvalue weighted by Gasteiger charge is -2.10. The molecule has 1 atom stereocenters. The summed E-state index contributed by atoms with van der Waals surface area (Å²) in [6.45, 7) is 2.28. The van der Waals surface area contributed by atoms with Crippen LogP contribution >= 0.6 is 15.9 Å². The Hall–Kier alpha value is -1.21. The van der Waals surface area contributed by atoms with Crippen LogP contribution in [0.25, 0.3) is 0 Å². The van der Waals surface area contributed by atoms with E-state index in [9.17, 15) is 10.1 Å². The first-order valence-electron chi connectivity index (χ1n) is 4.29. The summed E-state index contributed by atoms with van der Waals surface area (Å²) in [6, 6.07) is -0.0790. The van der Waals surface area contributed by atoms with E-state index in [1.165, 1.54) is 12.4 Å². The van der Waals surface area contributed by atoms with Gasteiger partial charge in [0.05, 0.1) is 9.40 Å². The zero-order valence-electron chi connectivity index (χ0n) is 8.11. The van der Waals surface area contributed by atoms with Crippen molar-refractivity contribution in [2.75, 3.05) is 11.9 Å². The molecule has 0 aliphatic carbocycles. The first-order valence-corrected chi connectivity index (χ1v) is 5.09. The molecule has 1 heterocycles. The molecule has 15 heavy (non-hydrogen) atoms. The molecule has 82 valence electrons. The zero-order valence-corrected chi connectivity index (χ0v) is 9.69. The summed E-state index contributed by atoms with van der Waals surface area (Å²) in [4.78, 5) is 13.9. The molecule has 6 nitrogen and oxygen atoms in total. The van der Waals surface area contributed by atoms with E-state index in [-0.39, 0.29) is 11.7 Å². The second kappa shape index (κ2) is 5.04. The van der Waals surface area contributed by atoms with Crippen LogP contribution < -0.4 is 11.1 Å². The number of anilines is 1. The molecule has 1 unspecified atom stereocenters. The minimum Gasteiger partial charge on any atom is -0.377 e. The van der Waals surface area contributed by atoms with Gasteiger partial charge in [-0.05, 0) is 22.9 Å². The maximum Gasteiger partial charge on any atom is 0.311 e. The predicted octanol–water partition coefficient (Wildman–Crippen LogP) is 1.51. The van der Waals surface area contributed by atoms with Crippen molar-refractivity contribution in [3.8, 4) is 0 Å². The first-order chi connectivity index (χ1) is 7.02. The maximum absolute atomic E-state index is 10.7. The molecule has 0 spiro atoms. The Morgan fingerprint density at radius 2 is 2.40 bits per heavy atom. The highest BCUT2D eigenvalue weighted by Crippen LogP contribution is 2.30. The lowest BCUT2D eigenvalue weighted by molar-refractivity contribution is -0.384. The summed E-state index contributed by atoms with van der Waals surface area (Å²) in [6.07, 6.45) is 2.70. The SMILES string of the molecule is CC(N)CNc1c(Br)cncc1[N+](=O)[O-]. The fraction of sp³-hybridized carbons (Fsp3) is 0.375. The van der Waals surface area contributed by atoms with Gasteiger partial charge in [-0.2, -0.15) is 0 Å². The van der Waals surface area contributed by atoms with Gasteiger partial charge in [-0.1, -0.05) is 0 Å². The third-order valence-corrected chi connectivity index (χ3v) is 2.28. The van der Waals surface area contributed by atoms with Gasteiger partial charge in [0.25, 0.3) is 0 Å². The fourth-order valence-corrected chi connectivity index (χ4v) is 1.46. The van der Waals surface area contributed by atoms with Crippen molar-refractivity contribution in [2.24, 2.45) is 5.73 Å². The van der Waals surface area contributed by atoms with Gasteiger partial charge in [0.2, 0.25) is 0 Å². The number of nitrogens with one attached hydrogen (secondary N) is 1. The van der Waals surface area contributed by atoms with E-state index in [0.717, 1.165) is 0 Å². The molecule has 0 saturated heterocycles. The minimum atomic E-state index is -0.485. The predicted molar refractivity (Wildman–Crippen MR) is 60.7 cm³/mol. The number of hydrogen-bond acceptors (Lipinski definition) is 5. The van der Waals surface area contributed by atoms with Crippen molar-refractivity contribution < 1.29 is 4.92 Å². The molecule has 0 saturated carbocycles. The Morgan fingerprint density at radius 1 is 1.73 bits per heavy atom. The molecule has 1 aromatic heterocycles. The third kappa shape index (κ3) is 3.14. The lowest BCUT2D eigenvalue weighted by Crippen LogP contribution is -2.25. The van der Waals surface area contributed by atoms with Crippen LogP contribution in [0.15, 0.2) is 16.9 Å². The largest absolute Gasteiger partial charge is 0.377 e. The van der Waals surface area contributed by atoms with Gasteiger partial charge in [-0.15, -0.1) is 0 Å². The molecule has 0 aliphatic rings. The van der Waals surface area contributed by atoms with Crippen LogP contribution in [0.5, 0.6) is 0 Å². The summed E-state index contributed by atoms with van der Waals surface area (Å²) in [5.74, 6) is 0. The molecule has 0 radical (unpaired) electrons. The number of nitro groups is 1. The standard InChI is InChI=1S/C8H11BrN4O2/c1-5(10)2-12-8-6(9)3-11-4-7(8)13(14)15/h3-5H,2,10H2,1H3,(H,11,12). The topological polar surface area (TPSA) is 94.1 Å². The quantitative estimate of drug-likeness (QED) is 0.641. The number of nitrogens with two attached hydrogens (primary N) is 1. The minimum absolute atomic E-state index is 0.0648. The number of pyridine rings is 1. The van der Waals surface area contributed by atoms with Crippen molar-refractivity contribution in [3.05, 3.63) is 27.0 Å². The zero-order chi connectivity index (χ0) is 11.4. The number of halogens is 1. The van der Waals surface area contributed by atoms with Crippen LogP contribution in [-0.4, -0.2) is 22.5 Å². The van der Waals surface area contributed by atoms with Crippen LogP contribution in [0, 0.1) is 10.1 Å². The smallest absolute Gasteiger partial charge is 0.311 e. The summed E-state index contributed by atoms with van der Waals surface area (Å²) < 4.78 is 0.553. The van der Waals surface area contributed by atoms with Crippen molar-refractivity contribution in [1.29, 1.82) is 0 Å². The summed E-state index contributed by atoms with van der Waals surface area (Å²) in [5, 5.41) is 13.6. The normalized spacial score (nSPS) is 12.2. The maximum atomic E-state index is 10.7. The third-order valence-electron chi connectivity index (χ3n) is 1.68. The van der Waals surface area contributed by atoms with Crippen LogP contribution in [0.2, 0.25) is 0 Å².